The van der Waals surface area contributed by atoms with Gasteiger partial charge in [0.15, 0.2) is 0 Å². The van der Waals surface area contributed by atoms with E-state index in [4.69, 9.17) is 0 Å². The Hall–Kier alpha value is 0.960. The molecule has 1 nitrogen and oxygen atoms in total. The molecule has 0 rings (SSSR count). The number of unbranched alkanes of at least 4 members (excludes halogenated alkanes) is 1. The molecule has 0 fully saturated rings. The molecule has 0 N–H and O–H groups in total. The van der Waals surface area contributed by atoms with Crippen molar-refractivity contribution in [2.75, 3.05) is 0 Å². The molecule has 2 heteroatoms. The van der Waals surface area contributed by atoms with E-state index < -0.39 is 5.60 Å². The van der Waals surface area contributed by atoms with E-state index in [0.717, 1.165) is 32.1 Å². The summed E-state index contributed by atoms with van der Waals surface area (Å²) in [5.74, 6) is 0. The second kappa shape index (κ2) is 7.60. The number of rotatable bonds is 5. The summed E-state index contributed by atoms with van der Waals surface area (Å²) in [7, 11) is 0. The zero-order chi connectivity index (χ0) is 8.04. The van der Waals surface area contributed by atoms with Gasteiger partial charge in [0.05, 0.1) is 0 Å². The molecule has 62 valence electrons. The van der Waals surface area contributed by atoms with Gasteiger partial charge in [-0.25, -0.2) is 0 Å². The van der Waals surface area contributed by atoms with E-state index in [1.54, 1.807) is 0 Å². The van der Waals surface area contributed by atoms with Crippen molar-refractivity contribution in [3.63, 3.8) is 0 Å². The van der Waals surface area contributed by atoms with Gasteiger partial charge in [0, 0.05) is 0 Å². The summed E-state index contributed by atoms with van der Waals surface area (Å²) < 4.78 is 0. The summed E-state index contributed by atoms with van der Waals surface area (Å²) in [6.07, 6.45) is 4.65. The van der Waals surface area contributed by atoms with Crippen molar-refractivity contribution in [1.29, 1.82) is 0 Å². The van der Waals surface area contributed by atoms with Crippen molar-refractivity contribution in [3.8, 4) is 0 Å². The molecule has 0 spiro atoms. The van der Waals surface area contributed by atoms with E-state index >= 15 is 0 Å². The van der Waals surface area contributed by atoms with Crippen LogP contribution in [0.1, 0.15) is 52.9 Å². The van der Waals surface area contributed by atoms with Gasteiger partial charge in [-0.3, -0.25) is 0 Å². The number of hydrogen-bond acceptors (Lipinski definition) is 1. The molecule has 0 aliphatic carbocycles. The largest absolute Gasteiger partial charge is 1.00 e. The van der Waals surface area contributed by atoms with Crippen LogP contribution in [0.2, 0.25) is 0 Å². The molecule has 11 heavy (non-hydrogen) atoms. The van der Waals surface area contributed by atoms with Crippen LogP contribution < -0.4 is 34.7 Å². The molecule has 0 aliphatic rings. The van der Waals surface area contributed by atoms with E-state index in [2.05, 4.69) is 6.92 Å². The fourth-order valence-corrected chi connectivity index (χ4v) is 1.10. The molecule has 0 heterocycles. The monoisotopic (exact) mass is 166 g/mol. The standard InChI is InChI=1S/C9H19O.Na/c1-4-7-8-9(10,5-2)6-3;/h4-8H2,1-3H3;/q-1;+1. The van der Waals surface area contributed by atoms with Crippen molar-refractivity contribution in [2.24, 2.45) is 0 Å². The van der Waals surface area contributed by atoms with Crippen LogP contribution in [0.25, 0.3) is 0 Å². The Kier molecular flexibility index (Phi) is 10.0. The third-order valence-corrected chi connectivity index (χ3v) is 2.27. The van der Waals surface area contributed by atoms with Crippen LogP contribution in [0.4, 0.5) is 0 Å². The van der Waals surface area contributed by atoms with Crippen LogP contribution >= 0.6 is 0 Å². The van der Waals surface area contributed by atoms with Crippen LogP contribution in [0.3, 0.4) is 0 Å². The maximum Gasteiger partial charge on any atom is 1.00 e. The van der Waals surface area contributed by atoms with Crippen molar-refractivity contribution < 1.29 is 34.7 Å². The molecule has 0 unspecified atom stereocenters. The molecule has 0 saturated carbocycles. The Morgan fingerprint density at radius 1 is 1.09 bits per heavy atom. The molecule has 0 bridgehead atoms. The van der Waals surface area contributed by atoms with E-state index in [-0.39, 0.29) is 29.6 Å². The minimum Gasteiger partial charge on any atom is -0.849 e. The Balaban J connectivity index is 0. The zero-order valence-corrected chi connectivity index (χ0v) is 10.4. The van der Waals surface area contributed by atoms with Gasteiger partial charge in [0.25, 0.3) is 0 Å². The first-order chi connectivity index (χ1) is 4.68. The Bertz CT molecular complexity index is 79.6. The summed E-state index contributed by atoms with van der Waals surface area (Å²) in [5, 5.41) is 11.6. The number of hydrogen-bond donors (Lipinski definition) is 0. The molecular formula is C9H19NaO. The minimum atomic E-state index is -0.615. The Labute approximate surface area is 92.9 Å². The van der Waals surface area contributed by atoms with Gasteiger partial charge in [0.1, 0.15) is 0 Å². The third kappa shape index (κ3) is 6.15. The fraction of sp³-hybridized carbons (Fsp3) is 1.00. The Morgan fingerprint density at radius 3 is 1.82 bits per heavy atom. The van der Waals surface area contributed by atoms with Crippen molar-refractivity contribution in [1.82, 2.24) is 0 Å². The normalized spacial score (nSPS) is 10.9. The van der Waals surface area contributed by atoms with Gasteiger partial charge in [-0.2, -0.15) is 0 Å². The molecule has 0 atom stereocenters. The molecule has 0 aromatic rings. The van der Waals surface area contributed by atoms with Crippen LogP contribution in [0.15, 0.2) is 0 Å². The van der Waals surface area contributed by atoms with Crippen LogP contribution in [0.5, 0.6) is 0 Å². The predicted molar refractivity (Wildman–Crippen MR) is 42.8 cm³/mol. The second-order valence-corrected chi connectivity index (χ2v) is 2.99. The molecule has 0 saturated heterocycles. The van der Waals surface area contributed by atoms with Gasteiger partial charge in [-0.1, -0.05) is 52.9 Å². The average Bonchev–Trinajstić information content (AvgIpc) is 2.00. The van der Waals surface area contributed by atoms with Gasteiger partial charge in [-0.15, -0.1) is 5.60 Å². The molecule has 0 radical (unpaired) electrons. The van der Waals surface area contributed by atoms with Gasteiger partial charge < -0.3 is 5.11 Å². The summed E-state index contributed by atoms with van der Waals surface area (Å²) in [6, 6.07) is 0. The SMILES string of the molecule is CCCCC([O-])(CC)CC.[Na+]. The van der Waals surface area contributed by atoms with Crippen LogP contribution in [-0.4, -0.2) is 5.60 Å². The zero-order valence-electron chi connectivity index (χ0n) is 8.44. The quantitative estimate of drug-likeness (QED) is 0.485. The third-order valence-electron chi connectivity index (χ3n) is 2.27. The molecular weight excluding hydrogens is 147 g/mol. The van der Waals surface area contributed by atoms with E-state index in [1.165, 1.54) is 0 Å². The Morgan fingerprint density at radius 2 is 1.55 bits per heavy atom. The summed E-state index contributed by atoms with van der Waals surface area (Å²) >= 11 is 0. The van der Waals surface area contributed by atoms with Gasteiger partial charge in [-0.05, 0) is 0 Å². The fourth-order valence-electron chi connectivity index (χ4n) is 1.10. The van der Waals surface area contributed by atoms with Crippen molar-refractivity contribution in [3.05, 3.63) is 0 Å². The topological polar surface area (TPSA) is 23.1 Å². The van der Waals surface area contributed by atoms with E-state index in [9.17, 15) is 5.11 Å². The van der Waals surface area contributed by atoms with Crippen molar-refractivity contribution in [2.45, 2.75) is 58.5 Å². The smallest absolute Gasteiger partial charge is 0.849 e. The van der Waals surface area contributed by atoms with Crippen LogP contribution in [0, 0.1) is 0 Å². The van der Waals surface area contributed by atoms with E-state index in [1.807, 2.05) is 13.8 Å². The molecule has 0 aromatic heterocycles. The minimum absolute atomic E-state index is 0. The summed E-state index contributed by atoms with van der Waals surface area (Å²) in [5.41, 5.74) is -0.615. The first-order valence-corrected chi connectivity index (χ1v) is 4.39. The van der Waals surface area contributed by atoms with Gasteiger partial charge in [0.2, 0.25) is 0 Å². The summed E-state index contributed by atoms with van der Waals surface area (Å²) in [6.45, 7) is 6.12. The van der Waals surface area contributed by atoms with Gasteiger partial charge >= 0.3 is 29.6 Å². The summed E-state index contributed by atoms with van der Waals surface area (Å²) in [4.78, 5) is 0. The molecule has 0 amide bonds. The van der Waals surface area contributed by atoms with Crippen LogP contribution in [-0.2, 0) is 0 Å². The van der Waals surface area contributed by atoms with Crippen molar-refractivity contribution >= 4 is 0 Å². The molecule has 0 aliphatic heterocycles. The first kappa shape index (κ1) is 14.5. The first-order valence-electron chi connectivity index (χ1n) is 4.39. The predicted octanol–water partition coefficient (Wildman–Crippen LogP) is -0.900. The molecule has 0 aromatic carbocycles. The second-order valence-electron chi connectivity index (χ2n) is 2.99. The van der Waals surface area contributed by atoms with E-state index in [0.29, 0.717) is 0 Å². The average molecular weight is 166 g/mol. The maximum atomic E-state index is 11.6. The maximum absolute atomic E-state index is 11.6.